The van der Waals surface area contributed by atoms with Crippen molar-refractivity contribution < 1.29 is 9.53 Å². The molecular formula is C13H18N4O2. The standard InChI is InChI=1S/C13H18N4O2/c1-13(2)9(7-3-6-19-10(7)13)17-12(18)8-11(14)16-5-4-15-8/h4-5,7,9-10H,3,6H2,1-2H3,(H2,14,16)(H,17,18). The first-order valence-electron chi connectivity index (χ1n) is 6.51. The monoisotopic (exact) mass is 262 g/mol. The van der Waals surface area contributed by atoms with Gasteiger partial charge in [0.1, 0.15) is 0 Å². The van der Waals surface area contributed by atoms with Gasteiger partial charge in [0, 0.05) is 36.4 Å². The third-order valence-electron chi connectivity index (χ3n) is 4.33. The van der Waals surface area contributed by atoms with Gasteiger partial charge in [-0.1, -0.05) is 13.8 Å². The molecule has 1 aromatic heterocycles. The number of aromatic nitrogens is 2. The van der Waals surface area contributed by atoms with Gasteiger partial charge in [0.15, 0.2) is 11.5 Å². The van der Waals surface area contributed by atoms with Gasteiger partial charge in [-0.25, -0.2) is 9.97 Å². The number of carbonyl (C=O) groups excluding carboxylic acids is 1. The summed E-state index contributed by atoms with van der Waals surface area (Å²) >= 11 is 0. The number of hydrogen-bond donors (Lipinski definition) is 2. The molecule has 2 heterocycles. The van der Waals surface area contributed by atoms with Gasteiger partial charge in [0.2, 0.25) is 0 Å². The second kappa shape index (κ2) is 4.16. The molecule has 1 aliphatic heterocycles. The highest BCUT2D eigenvalue weighted by molar-refractivity contribution is 5.96. The molecular weight excluding hydrogens is 244 g/mol. The van der Waals surface area contributed by atoms with Crippen molar-refractivity contribution in [3.63, 3.8) is 0 Å². The van der Waals surface area contributed by atoms with Crippen molar-refractivity contribution in [3.05, 3.63) is 18.1 Å². The van der Waals surface area contributed by atoms with Crippen molar-refractivity contribution in [1.82, 2.24) is 15.3 Å². The Balaban J connectivity index is 1.76. The average Bonchev–Trinajstić information content (AvgIpc) is 2.83. The minimum Gasteiger partial charge on any atom is -0.382 e. The summed E-state index contributed by atoms with van der Waals surface area (Å²) in [7, 11) is 0. The summed E-state index contributed by atoms with van der Waals surface area (Å²) in [4.78, 5) is 20.1. The summed E-state index contributed by atoms with van der Waals surface area (Å²) in [6, 6.07) is 0.105. The number of nitrogens with one attached hydrogen (secondary N) is 1. The number of carbonyl (C=O) groups is 1. The summed E-state index contributed by atoms with van der Waals surface area (Å²) in [5, 5.41) is 3.03. The molecule has 2 fully saturated rings. The summed E-state index contributed by atoms with van der Waals surface area (Å²) in [6.07, 6.45) is 4.19. The van der Waals surface area contributed by atoms with Crippen LogP contribution < -0.4 is 11.1 Å². The van der Waals surface area contributed by atoms with Crippen LogP contribution in [0.15, 0.2) is 12.4 Å². The lowest BCUT2D eigenvalue weighted by Crippen LogP contribution is -2.66. The maximum absolute atomic E-state index is 12.2. The van der Waals surface area contributed by atoms with Crippen molar-refractivity contribution in [2.24, 2.45) is 11.3 Å². The first-order chi connectivity index (χ1) is 9.01. The van der Waals surface area contributed by atoms with Crippen LogP contribution in [0.4, 0.5) is 5.82 Å². The van der Waals surface area contributed by atoms with Crippen LogP contribution in [0.2, 0.25) is 0 Å². The Morgan fingerprint density at radius 2 is 2.21 bits per heavy atom. The van der Waals surface area contributed by atoms with E-state index in [4.69, 9.17) is 10.5 Å². The molecule has 6 heteroatoms. The van der Waals surface area contributed by atoms with Crippen LogP contribution in [0.1, 0.15) is 30.8 Å². The van der Waals surface area contributed by atoms with E-state index in [-0.39, 0.29) is 35.0 Å². The van der Waals surface area contributed by atoms with E-state index in [9.17, 15) is 4.79 Å². The average molecular weight is 262 g/mol. The van der Waals surface area contributed by atoms with Crippen LogP contribution in [-0.4, -0.2) is 34.6 Å². The predicted molar refractivity (Wildman–Crippen MR) is 69.3 cm³/mol. The van der Waals surface area contributed by atoms with E-state index in [1.54, 1.807) is 0 Å². The molecule has 1 saturated carbocycles. The molecule has 1 aliphatic carbocycles. The van der Waals surface area contributed by atoms with Crippen molar-refractivity contribution in [3.8, 4) is 0 Å². The van der Waals surface area contributed by atoms with Crippen LogP contribution in [-0.2, 0) is 4.74 Å². The second-order valence-electron chi connectivity index (χ2n) is 5.81. The first kappa shape index (κ1) is 12.3. The Hall–Kier alpha value is -1.69. The molecule has 2 aliphatic rings. The van der Waals surface area contributed by atoms with Crippen molar-refractivity contribution in [2.75, 3.05) is 12.3 Å². The van der Waals surface area contributed by atoms with Gasteiger partial charge in [-0.2, -0.15) is 0 Å². The third-order valence-corrected chi connectivity index (χ3v) is 4.33. The van der Waals surface area contributed by atoms with E-state index in [0.29, 0.717) is 5.92 Å². The fraction of sp³-hybridized carbons (Fsp3) is 0.615. The first-order valence-corrected chi connectivity index (χ1v) is 6.51. The lowest BCUT2D eigenvalue weighted by atomic mass is 9.57. The van der Waals surface area contributed by atoms with Crippen molar-refractivity contribution in [1.29, 1.82) is 0 Å². The fourth-order valence-corrected chi connectivity index (χ4v) is 3.35. The number of hydrogen-bond acceptors (Lipinski definition) is 5. The number of anilines is 1. The Morgan fingerprint density at radius 1 is 1.47 bits per heavy atom. The molecule has 0 bridgehead atoms. The zero-order valence-electron chi connectivity index (χ0n) is 11.1. The smallest absolute Gasteiger partial charge is 0.273 e. The number of amides is 1. The number of rotatable bonds is 2. The molecule has 6 nitrogen and oxygen atoms in total. The highest BCUT2D eigenvalue weighted by Gasteiger charge is 2.59. The zero-order chi connectivity index (χ0) is 13.6. The molecule has 1 saturated heterocycles. The van der Waals surface area contributed by atoms with Crippen LogP contribution in [0, 0.1) is 11.3 Å². The quantitative estimate of drug-likeness (QED) is 0.814. The van der Waals surface area contributed by atoms with E-state index in [1.807, 2.05) is 0 Å². The number of ether oxygens (including phenoxy) is 1. The molecule has 3 rings (SSSR count). The van der Waals surface area contributed by atoms with E-state index >= 15 is 0 Å². The number of fused-ring (bicyclic) bond motifs is 1. The normalized spacial score (nSPS) is 31.4. The molecule has 1 amide bonds. The Kier molecular flexibility index (Phi) is 2.70. The van der Waals surface area contributed by atoms with E-state index < -0.39 is 0 Å². The van der Waals surface area contributed by atoms with Crippen LogP contribution in [0.25, 0.3) is 0 Å². The lowest BCUT2D eigenvalue weighted by molar-refractivity contribution is -0.108. The molecule has 0 radical (unpaired) electrons. The maximum atomic E-state index is 12.2. The van der Waals surface area contributed by atoms with Gasteiger partial charge in [-0.05, 0) is 6.42 Å². The Morgan fingerprint density at radius 3 is 2.95 bits per heavy atom. The second-order valence-corrected chi connectivity index (χ2v) is 5.81. The summed E-state index contributed by atoms with van der Waals surface area (Å²) in [5.41, 5.74) is 5.82. The van der Waals surface area contributed by atoms with Crippen LogP contribution in [0.3, 0.4) is 0 Å². The van der Waals surface area contributed by atoms with Gasteiger partial charge in [-0.3, -0.25) is 4.79 Å². The number of nitrogens with zero attached hydrogens (tertiary/aromatic N) is 2. The molecule has 3 N–H and O–H groups in total. The van der Waals surface area contributed by atoms with Gasteiger partial charge in [0.05, 0.1) is 6.10 Å². The topological polar surface area (TPSA) is 90.1 Å². The molecule has 3 atom stereocenters. The molecule has 3 unspecified atom stereocenters. The minimum absolute atomic E-state index is 0.0478. The fourth-order valence-electron chi connectivity index (χ4n) is 3.35. The van der Waals surface area contributed by atoms with E-state index in [1.165, 1.54) is 12.4 Å². The SMILES string of the molecule is CC1(C)C(NC(=O)c2nccnc2N)C2CCOC21. The highest BCUT2D eigenvalue weighted by atomic mass is 16.5. The summed E-state index contributed by atoms with van der Waals surface area (Å²) in [5.74, 6) is 0.308. The van der Waals surface area contributed by atoms with Gasteiger partial charge < -0.3 is 15.8 Å². The molecule has 102 valence electrons. The third kappa shape index (κ3) is 1.78. The Bertz CT molecular complexity index is 517. The van der Waals surface area contributed by atoms with Crippen molar-refractivity contribution >= 4 is 11.7 Å². The number of nitrogen functional groups attached to an aromatic ring is 1. The molecule has 19 heavy (non-hydrogen) atoms. The largest absolute Gasteiger partial charge is 0.382 e. The highest BCUT2D eigenvalue weighted by Crippen LogP contribution is 2.52. The van der Waals surface area contributed by atoms with Crippen LogP contribution >= 0.6 is 0 Å². The summed E-state index contributed by atoms with van der Waals surface area (Å²) < 4.78 is 5.70. The molecule has 1 aromatic rings. The molecule has 0 spiro atoms. The van der Waals surface area contributed by atoms with Gasteiger partial charge in [0.25, 0.3) is 5.91 Å². The maximum Gasteiger partial charge on any atom is 0.273 e. The summed E-state index contributed by atoms with van der Waals surface area (Å²) in [6.45, 7) is 5.01. The number of nitrogens with two attached hydrogens (primary N) is 1. The van der Waals surface area contributed by atoms with Gasteiger partial charge in [-0.15, -0.1) is 0 Å². The molecule has 0 aromatic carbocycles. The Labute approximate surface area is 111 Å². The van der Waals surface area contributed by atoms with E-state index in [2.05, 4.69) is 29.1 Å². The van der Waals surface area contributed by atoms with Gasteiger partial charge >= 0.3 is 0 Å². The van der Waals surface area contributed by atoms with Crippen molar-refractivity contribution in [2.45, 2.75) is 32.4 Å². The van der Waals surface area contributed by atoms with E-state index in [0.717, 1.165) is 13.0 Å². The minimum atomic E-state index is -0.256. The zero-order valence-corrected chi connectivity index (χ0v) is 11.1. The van der Waals surface area contributed by atoms with Crippen LogP contribution in [0.5, 0.6) is 0 Å². The lowest BCUT2D eigenvalue weighted by Gasteiger charge is -2.54. The predicted octanol–water partition coefficient (Wildman–Crippen LogP) is 0.602.